The number of anilines is 2. The Kier molecular flexibility index (Phi) is 3.79. The zero-order valence-electron chi connectivity index (χ0n) is 12.8. The molecule has 0 aliphatic heterocycles. The molecule has 0 aromatic heterocycles. The van der Waals surface area contributed by atoms with Gasteiger partial charge in [0.2, 0.25) is 0 Å². The van der Waals surface area contributed by atoms with Gasteiger partial charge in [0.05, 0.1) is 11.4 Å². The average molecular weight is 268 g/mol. The van der Waals surface area contributed by atoms with Crippen LogP contribution in [0.25, 0.3) is 0 Å². The second-order valence-electron chi connectivity index (χ2n) is 5.44. The normalized spacial score (nSPS) is 11.2. The molecule has 103 valence electrons. The van der Waals surface area contributed by atoms with E-state index in [-0.39, 0.29) is 6.84 Å². The summed E-state index contributed by atoms with van der Waals surface area (Å²) in [4.78, 5) is 13.2. The third-order valence-corrected chi connectivity index (χ3v) is 3.14. The van der Waals surface area contributed by atoms with Crippen LogP contribution < -0.4 is 10.6 Å². The molecule has 3 nitrogen and oxygen atoms in total. The zero-order chi connectivity index (χ0) is 14.8. The second kappa shape index (κ2) is 5.37. The molecule has 0 aliphatic carbocycles. The Labute approximate surface area is 121 Å². The smallest absolute Gasteiger partial charge is 0.351 e. The summed E-state index contributed by atoms with van der Waals surface area (Å²) < 4.78 is 0. The van der Waals surface area contributed by atoms with Crippen LogP contribution in [0.2, 0.25) is 0 Å². The third-order valence-electron chi connectivity index (χ3n) is 3.14. The minimum Gasteiger partial charge on any atom is -0.351 e. The van der Waals surface area contributed by atoms with Crippen LogP contribution in [0.5, 0.6) is 0 Å². The lowest BCUT2D eigenvalue weighted by Gasteiger charge is -2.23. The van der Waals surface area contributed by atoms with Gasteiger partial charge in [-0.2, -0.15) is 0 Å². The molecule has 2 aromatic rings. The van der Waals surface area contributed by atoms with Crippen molar-refractivity contribution in [1.29, 1.82) is 0 Å². The third kappa shape index (κ3) is 2.99. The number of carbonyl (C=O) groups excluding carboxylic acids is 1. The highest BCUT2D eigenvalue weighted by Crippen LogP contribution is 2.28. The molecule has 0 aliphatic rings. The first-order chi connectivity index (χ1) is 9.39. The number of urea groups is 1. The Balaban J connectivity index is 0.00000220. The van der Waals surface area contributed by atoms with E-state index in [0.717, 1.165) is 16.9 Å². The fourth-order valence-corrected chi connectivity index (χ4v) is 2.04. The van der Waals surface area contributed by atoms with E-state index in [1.165, 1.54) is 4.90 Å². The minimum atomic E-state index is -0.502. The molecular formula is C17H20N2O+. The SMILES string of the molecule is [CH2]C(C)(C)c1ccc(N(C(N)=O)c2ccccc2)cc1.[H+]. The van der Waals surface area contributed by atoms with Crippen LogP contribution in [0.15, 0.2) is 54.6 Å². The molecule has 0 unspecified atom stereocenters. The van der Waals surface area contributed by atoms with Crippen molar-refractivity contribution in [3.63, 3.8) is 0 Å². The van der Waals surface area contributed by atoms with Crippen molar-refractivity contribution >= 4 is 17.4 Å². The maximum Gasteiger partial charge on any atom is 1.00 e. The quantitative estimate of drug-likeness (QED) is 0.894. The van der Waals surface area contributed by atoms with E-state index in [9.17, 15) is 4.79 Å². The minimum absolute atomic E-state index is 0. The van der Waals surface area contributed by atoms with Crippen molar-refractivity contribution in [2.45, 2.75) is 19.3 Å². The first-order valence-electron chi connectivity index (χ1n) is 6.50. The number of hydrogen-bond acceptors (Lipinski definition) is 1. The molecule has 3 heteroatoms. The monoisotopic (exact) mass is 268 g/mol. The van der Waals surface area contributed by atoms with Gasteiger partial charge >= 0.3 is 7.46 Å². The molecule has 0 saturated heterocycles. The van der Waals surface area contributed by atoms with Crippen molar-refractivity contribution in [3.8, 4) is 0 Å². The molecule has 2 amide bonds. The van der Waals surface area contributed by atoms with Gasteiger partial charge in [-0.15, -0.1) is 0 Å². The Morgan fingerprint density at radius 1 is 1.05 bits per heavy atom. The second-order valence-corrected chi connectivity index (χ2v) is 5.44. The van der Waals surface area contributed by atoms with Crippen molar-refractivity contribution in [2.75, 3.05) is 4.90 Å². The van der Waals surface area contributed by atoms with E-state index < -0.39 is 6.03 Å². The fraction of sp³-hybridized carbons (Fsp3) is 0.176. The van der Waals surface area contributed by atoms with Crippen LogP contribution in [-0.4, -0.2) is 6.03 Å². The Morgan fingerprint density at radius 3 is 2.00 bits per heavy atom. The van der Waals surface area contributed by atoms with Gasteiger partial charge in [-0.05, 0) is 42.2 Å². The van der Waals surface area contributed by atoms with E-state index in [0.29, 0.717) is 0 Å². The predicted octanol–water partition coefficient (Wildman–Crippen LogP) is 4.13. The molecule has 2 aromatic carbocycles. The predicted molar refractivity (Wildman–Crippen MR) is 84.1 cm³/mol. The van der Waals surface area contributed by atoms with Crippen molar-refractivity contribution in [3.05, 3.63) is 67.1 Å². The van der Waals surface area contributed by atoms with E-state index in [2.05, 4.69) is 6.92 Å². The molecule has 2 rings (SSSR count). The molecule has 1 radical (unpaired) electrons. The van der Waals surface area contributed by atoms with Crippen molar-refractivity contribution < 1.29 is 6.22 Å². The number of carbonyl (C=O) groups is 1. The molecule has 0 saturated carbocycles. The maximum absolute atomic E-state index is 11.7. The number of para-hydroxylation sites is 1. The van der Waals surface area contributed by atoms with Crippen LogP contribution in [0.1, 0.15) is 20.8 Å². The highest BCUT2D eigenvalue weighted by molar-refractivity contribution is 5.98. The largest absolute Gasteiger partial charge is 1.00 e. The van der Waals surface area contributed by atoms with E-state index in [1.807, 2.05) is 68.4 Å². The lowest BCUT2D eigenvalue weighted by molar-refractivity contribution is 0.256. The Morgan fingerprint density at radius 2 is 1.55 bits per heavy atom. The van der Waals surface area contributed by atoms with Crippen LogP contribution in [0, 0.1) is 6.92 Å². The molecule has 0 bridgehead atoms. The molecule has 20 heavy (non-hydrogen) atoms. The first-order valence-corrected chi connectivity index (χ1v) is 6.50. The van der Waals surface area contributed by atoms with Gasteiger partial charge in [0, 0.05) is 0 Å². The molecular weight excluding hydrogens is 248 g/mol. The lowest BCUT2D eigenvalue weighted by atomic mass is 9.87. The number of benzene rings is 2. The van der Waals surface area contributed by atoms with Gasteiger partial charge in [0.25, 0.3) is 0 Å². The van der Waals surface area contributed by atoms with Gasteiger partial charge < -0.3 is 5.73 Å². The summed E-state index contributed by atoms with van der Waals surface area (Å²) >= 11 is 0. The maximum atomic E-state index is 11.7. The average Bonchev–Trinajstić information content (AvgIpc) is 2.39. The molecule has 0 atom stereocenters. The first kappa shape index (κ1) is 14.1. The summed E-state index contributed by atoms with van der Waals surface area (Å²) in [5, 5.41) is 0. The Bertz CT molecular complexity index is 588. The van der Waals surface area contributed by atoms with Crippen LogP contribution >= 0.6 is 0 Å². The van der Waals surface area contributed by atoms with Crippen LogP contribution in [0.3, 0.4) is 0 Å². The molecule has 2 N–H and O–H groups in total. The van der Waals surface area contributed by atoms with Crippen LogP contribution in [0.4, 0.5) is 16.2 Å². The van der Waals surface area contributed by atoms with Crippen LogP contribution in [-0.2, 0) is 5.41 Å². The van der Waals surface area contributed by atoms with Gasteiger partial charge in [0.1, 0.15) is 0 Å². The van der Waals surface area contributed by atoms with Gasteiger partial charge in [-0.25, -0.2) is 4.79 Å². The number of nitrogens with two attached hydrogens (primary N) is 1. The Hall–Kier alpha value is -2.29. The number of rotatable bonds is 3. The molecule has 0 heterocycles. The highest BCUT2D eigenvalue weighted by atomic mass is 16.2. The van der Waals surface area contributed by atoms with Crippen molar-refractivity contribution in [2.24, 2.45) is 5.73 Å². The number of hydrogen-bond donors (Lipinski definition) is 1. The molecule has 0 spiro atoms. The van der Waals surface area contributed by atoms with Gasteiger partial charge in [-0.1, -0.05) is 44.2 Å². The standard InChI is InChI=1S/C17H19N2O/c1-17(2,3)13-9-11-15(12-10-13)19(16(18)20)14-7-5-4-6-8-14/h4-12H,1H2,2-3H3,(H2,18,20)/p+1. The molecule has 0 fully saturated rings. The highest BCUT2D eigenvalue weighted by Gasteiger charge is 2.17. The summed E-state index contributed by atoms with van der Waals surface area (Å²) in [6.07, 6.45) is 0. The summed E-state index contributed by atoms with van der Waals surface area (Å²) in [6, 6.07) is 16.6. The van der Waals surface area contributed by atoms with E-state index >= 15 is 0 Å². The van der Waals surface area contributed by atoms with Gasteiger partial charge in [-0.3, -0.25) is 4.90 Å². The van der Waals surface area contributed by atoms with E-state index in [1.54, 1.807) is 0 Å². The number of primary amides is 1. The lowest BCUT2D eigenvalue weighted by Crippen LogP contribution is -2.31. The topological polar surface area (TPSA) is 46.3 Å². The zero-order valence-corrected chi connectivity index (χ0v) is 11.8. The van der Waals surface area contributed by atoms with Gasteiger partial charge in [0.15, 0.2) is 0 Å². The van der Waals surface area contributed by atoms with E-state index in [4.69, 9.17) is 5.73 Å². The fourth-order valence-electron chi connectivity index (χ4n) is 2.04. The van der Waals surface area contributed by atoms with Crippen molar-refractivity contribution in [1.82, 2.24) is 0 Å². The summed E-state index contributed by atoms with van der Waals surface area (Å²) in [5.74, 6) is 0. The summed E-state index contributed by atoms with van der Waals surface area (Å²) in [5.41, 5.74) is 7.94. The number of amides is 2. The summed E-state index contributed by atoms with van der Waals surface area (Å²) in [6.45, 7) is 8.20. The summed E-state index contributed by atoms with van der Waals surface area (Å²) in [7, 11) is 0. The number of nitrogens with zero attached hydrogens (tertiary/aromatic N) is 1.